The number of thioether (sulfide) groups is 1. The predicted octanol–water partition coefficient (Wildman–Crippen LogP) is 4.91. The number of rotatable bonds is 9. The first-order valence-corrected chi connectivity index (χ1v) is 15.2. The zero-order valence-electron chi connectivity index (χ0n) is 24.1. The SMILES string of the molecule is COc1cc(C2C(C#N)=C(N)N(c3nnc(SCC(=O)Nc4cccc(C)c4)s3)C3=C2C(=O)CCC3)cc(OC)c1OC. The van der Waals surface area contributed by atoms with Gasteiger partial charge in [0.25, 0.3) is 0 Å². The maximum absolute atomic E-state index is 13.5. The lowest BCUT2D eigenvalue weighted by molar-refractivity contribution is -0.116. The summed E-state index contributed by atoms with van der Waals surface area (Å²) in [7, 11) is 4.52. The van der Waals surface area contributed by atoms with Gasteiger partial charge in [-0.1, -0.05) is 35.2 Å². The second-order valence-corrected chi connectivity index (χ2v) is 12.0. The van der Waals surface area contributed by atoms with Gasteiger partial charge in [0.1, 0.15) is 5.82 Å². The Morgan fingerprint density at radius 1 is 1.16 bits per heavy atom. The number of aryl methyl sites for hydroxylation is 1. The molecule has 222 valence electrons. The van der Waals surface area contributed by atoms with E-state index < -0.39 is 5.92 Å². The van der Waals surface area contributed by atoms with Crippen molar-refractivity contribution in [3.8, 4) is 23.3 Å². The molecule has 0 fully saturated rings. The Bertz CT molecular complexity index is 1670. The van der Waals surface area contributed by atoms with E-state index in [0.29, 0.717) is 62.8 Å². The van der Waals surface area contributed by atoms with E-state index in [1.165, 1.54) is 44.4 Å². The number of carbonyl (C=O) groups is 2. The normalized spacial score (nSPS) is 16.5. The number of ketones is 1. The molecule has 3 N–H and O–H groups in total. The number of methoxy groups -OCH3 is 3. The van der Waals surface area contributed by atoms with Crippen molar-refractivity contribution in [2.75, 3.05) is 37.3 Å². The van der Waals surface area contributed by atoms with Gasteiger partial charge in [0, 0.05) is 23.4 Å². The number of nitriles is 1. The van der Waals surface area contributed by atoms with Gasteiger partial charge in [-0.3, -0.25) is 14.5 Å². The van der Waals surface area contributed by atoms with Crippen LogP contribution in [0.3, 0.4) is 0 Å². The van der Waals surface area contributed by atoms with Gasteiger partial charge in [0.15, 0.2) is 21.6 Å². The Hall–Kier alpha value is -4.54. The van der Waals surface area contributed by atoms with Crippen molar-refractivity contribution in [3.05, 3.63) is 70.2 Å². The Labute approximate surface area is 257 Å². The topological polar surface area (TPSA) is 153 Å². The molecule has 5 rings (SSSR count). The minimum absolute atomic E-state index is 0.0721. The molecule has 11 nitrogen and oxygen atoms in total. The fourth-order valence-electron chi connectivity index (χ4n) is 5.30. The Morgan fingerprint density at radius 2 is 1.91 bits per heavy atom. The summed E-state index contributed by atoms with van der Waals surface area (Å²) < 4.78 is 17.1. The number of aromatic nitrogens is 2. The van der Waals surface area contributed by atoms with Crippen LogP contribution in [-0.2, 0) is 9.59 Å². The maximum atomic E-state index is 13.5. The van der Waals surface area contributed by atoms with Crippen molar-refractivity contribution < 1.29 is 23.8 Å². The Balaban J connectivity index is 1.48. The number of Topliss-reactive ketones (excluding diaryl/α,β-unsaturated/α-hetero) is 1. The van der Waals surface area contributed by atoms with Gasteiger partial charge in [0.05, 0.1) is 44.6 Å². The number of hydrogen-bond acceptors (Lipinski definition) is 12. The summed E-state index contributed by atoms with van der Waals surface area (Å²) >= 11 is 2.48. The third-order valence-electron chi connectivity index (χ3n) is 7.15. The molecule has 13 heteroatoms. The highest BCUT2D eigenvalue weighted by molar-refractivity contribution is 8.01. The van der Waals surface area contributed by atoms with E-state index in [1.807, 2.05) is 31.2 Å². The lowest BCUT2D eigenvalue weighted by Gasteiger charge is -2.38. The molecule has 0 saturated heterocycles. The van der Waals surface area contributed by atoms with Gasteiger partial charge in [-0.25, -0.2) is 0 Å². The second-order valence-electron chi connectivity index (χ2n) is 9.83. The first-order valence-electron chi connectivity index (χ1n) is 13.4. The molecule has 1 unspecified atom stereocenters. The molecule has 1 aliphatic carbocycles. The monoisotopic (exact) mass is 618 g/mol. The Kier molecular flexibility index (Phi) is 8.89. The first-order chi connectivity index (χ1) is 20.8. The zero-order chi connectivity index (χ0) is 30.7. The van der Waals surface area contributed by atoms with Crippen LogP contribution in [0.25, 0.3) is 0 Å². The number of carbonyl (C=O) groups excluding carboxylic acids is 2. The summed E-state index contributed by atoms with van der Waals surface area (Å²) in [4.78, 5) is 27.7. The maximum Gasteiger partial charge on any atom is 0.234 e. The minimum atomic E-state index is -0.732. The van der Waals surface area contributed by atoms with E-state index in [1.54, 1.807) is 17.0 Å². The highest BCUT2D eigenvalue weighted by Crippen LogP contribution is 2.50. The fraction of sp³-hybridized carbons (Fsp3) is 0.300. The summed E-state index contributed by atoms with van der Waals surface area (Å²) in [5.41, 5.74) is 10.4. The largest absolute Gasteiger partial charge is 0.493 e. The summed E-state index contributed by atoms with van der Waals surface area (Å²) in [5.74, 6) is 0.523. The molecular formula is C30H30N6O5S2. The number of anilines is 2. The van der Waals surface area contributed by atoms with Crippen molar-refractivity contribution >= 4 is 45.6 Å². The van der Waals surface area contributed by atoms with E-state index >= 15 is 0 Å². The summed E-state index contributed by atoms with van der Waals surface area (Å²) in [5, 5.41) is 22.3. The number of ether oxygens (including phenoxy) is 3. The van der Waals surface area contributed by atoms with Crippen LogP contribution in [0.2, 0.25) is 0 Å². The molecule has 0 bridgehead atoms. The quantitative estimate of drug-likeness (QED) is 0.315. The second kappa shape index (κ2) is 12.8. The molecule has 1 atom stereocenters. The van der Waals surface area contributed by atoms with E-state index in [-0.39, 0.29) is 28.8 Å². The van der Waals surface area contributed by atoms with Crippen molar-refractivity contribution in [1.29, 1.82) is 5.26 Å². The molecule has 43 heavy (non-hydrogen) atoms. The van der Waals surface area contributed by atoms with E-state index in [0.717, 1.165) is 11.3 Å². The van der Waals surface area contributed by atoms with Crippen LogP contribution in [-0.4, -0.2) is 49.0 Å². The van der Waals surface area contributed by atoms with Crippen LogP contribution in [0, 0.1) is 18.3 Å². The molecule has 0 radical (unpaired) electrons. The number of benzene rings is 2. The lowest BCUT2D eigenvalue weighted by atomic mass is 9.75. The number of nitrogens with two attached hydrogens (primary N) is 1. The van der Waals surface area contributed by atoms with E-state index in [4.69, 9.17) is 19.9 Å². The smallest absolute Gasteiger partial charge is 0.234 e. The van der Waals surface area contributed by atoms with Crippen LogP contribution in [0.1, 0.15) is 36.3 Å². The predicted molar refractivity (Wildman–Crippen MR) is 164 cm³/mol. The van der Waals surface area contributed by atoms with Gasteiger partial charge >= 0.3 is 0 Å². The summed E-state index contributed by atoms with van der Waals surface area (Å²) in [6.45, 7) is 1.96. The van der Waals surface area contributed by atoms with Crippen molar-refractivity contribution in [3.63, 3.8) is 0 Å². The van der Waals surface area contributed by atoms with E-state index in [2.05, 4.69) is 21.6 Å². The third kappa shape index (κ3) is 5.89. The summed E-state index contributed by atoms with van der Waals surface area (Å²) in [6, 6.07) is 13.3. The third-order valence-corrected chi connectivity index (χ3v) is 9.19. The number of amides is 1. The molecule has 2 aliphatic rings. The van der Waals surface area contributed by atoms with Crippen LogP contribution in [0.15, 0.2) is 63.4 Å². The zero-order valence-corrected chi connectivity index (χ0v) is 25.7. The van der Waals surface area contributed by atoms with Gasteiger partial charge < -0.3 is 25.3 Å². The minimum Gasteiger partial charge on any atom is -0.493 e. The summed E-state index contributed by atoms with van der Waals surface area (Å²) in [6.07, 6.45) is 1.53. The number of nitrogens with zero attached hydrogens (tertiary/aromatic N) is 4. The molecule has 2 heterocycles. The highest BCUT2D eigenvalue weighted by Gasteiger charge is 2.42. The van der Waals surface area contributed by atoms with Gasteiger partial charge in [-0.2, -0.15) is 5.26 Å². The fourth-order valence-corrected chi connectivity index (χ4v) is 6.99. The highest BCUT2D eigenvalue weighted by atomic mass is 32.2. The van der Waals surface area contributed by atoms with Crippen molar-refractivity contribution in [2.45, 2.75) is 36.4 Å². The number of hydrogen-bond donors (Lipinski definition) is 2. The van der Waals surface area contributed by atoms with Crippen LogP contribution < -0.4 is 30.2 Å². The lowest BCUT2D eigenvalue weighted by Crippen LogP contribution is -2.38. The van der Waals surface area contributed by atoms with Crippen molar-refractivity contribution in [2.24, 2.45) is 5.73 Å². The van der Waals surface area contributed by atoms with Crippen LogP contribution >= 0.6 is 23.1 Å². The van der Waals surface area contributed by atoms with Gasteiger partial charge in [-0.05, 0) is 55.2 Å². The standard InChI is InChI=1S/C30H30N6O5S2/c1-16-7-5-8-18(11-16)33-24(38)15-42-30-35-34-29(43-30)36-20-9-6-10-21(37)26(20)25(19(14-31)28(36)32)17-12-22(39-2)27(41-4)23(13-17)40-3/h5,7-8,11-13,25H,6,9-10,15,32H2,1-4H3,(H,33,38). The molecule has 0 spiro atoms. The van der Waals surface area contributed by atoms with Gasteiger partial charge in [-0.15, -0.1) is 10.2 Å². The molecule has 1 amide bonds. The number of allylic oxidation sites excluding steroid dienone is 3. The van der Waals surface area contributed by atoms with Crippen LogP contribution in [0.4, 0.5) is 10.8 Å². The van der Waals surface area contributed by atoms with Crippen LogP contribution in [0.5, 0.6) is 17.2 Å². The first kappa shape index (κ1) is 29.9. The Morgan fingerprint density at radius 3 is 2.56 bits per heavy atom. The molecular weight excluding hydrogens is 589 g/mol. The molecule has 2 aromatic carbocycles. The molecule has 1 aromatic heterocycles. The van der Waals surface area contributed by atoms with Gasteiger partial charge in [0.2, 0.25) is 16.8 Å². The average molecular weight is 619 g/mol. The van der Waals surface area contributed by atoms with E-state index in [9.17, 15) is 14.9 Å². The molecule has 0 saturated carbocycles. The average Bonchev–Trinajstić information content (AvgIpc) is 3.47. The number of nitrogens with one attached hydrogen (secondary N) is 1. The molecule has 3 aromatic rings. The van der Waals surface area contributed by atoms with Crippen molar-refractivity contribution in [1.82, 2.24) is 10.2 Å². The molecule has 1 aliphatic heterocycles.